The number of aromatic nitrogens is 2. The third-order valence-corrected chi connectivity index (χ3v) is 3.78. The summed E-state index contributed by atoms with van der Waals surface area (Å²) in [7, 11) is 0. The molecule has 1 unspecified atom stereocenters. The Bertz CT molecular complexity index is 504. The summed E-state index contributed by atoms with van der Waals surface area (Å²) in [6.07, 6.45) is 8.61. The molecule has 0 amide bonds. The molecule has 0 spiro atoms. The minimum atomic E-state index is 0.361. The Hall–Kier alpha value is -1.61. The highest BCUT2D eigenvalue weighted by Crippen LogP contribution is 2.19. The average molecular weight is 285 g/mol. The van der Waals surface area contributed by atoms with Crippen LogP contribution in [0.5, 0.6) is 0 Å². The topological polar surface area (TPSA) is 29.9 Å². The van der Waals surface area contributed by atoms with Gasteiger partial charge in [0.15, 0.2) is 0 Å². The van der Waals surface area contributed by atoms with E-state index >= 15 is 0 Å². The van der Waals surface area contributed by atoms with Crippen LogP contribution in [0.1, 0.15) is 50.5 Å². The smallest absolute Gasteiger partial charge is 0.125 e. The Morgan fingerprint density at radius 1 is 1.19 bits per heavy atom. The predicted octanol–water partition coefficient (Wildman–Crippen LogP) is 3.97. The van der Waals surface area contributed by atoms with Gasteiger partial charge >= 0.3 is 0 Å². The van der Waals surface area contributed by atoms with Gasteiger partial charge in [0.25, 0.3) is 0 Å². The standard InChI is InChI=1S/C18H27N3/c1-3-14-21-15-13-20-18(21)17(19-4-2)12-8-11-16-9-6-5-7-10-16/h5-7,9-10,13,15,17,19H,3-4,8,11-12,14H2,1-2H3. The zero-order valence-electron chi connectivity index (χ0n) is 13.3. The maximum atomic E-state index is 4.58. The molecule has 3 heteroatoms. The van der Waals surface area contributed by atoms with Crippen LogP contribution in [-0.4, -0.2) is 16.1 Å². The molecule has 0 fully saturated rings. The Balaban J connectivity index is 1.94. The van der Waals surface area contributed by atoms with Gasteiger partial charge in [-0.3, -0.25) is 0 Å². The van der Waals surface area contributed by atoms with Gasteiger partial charge < -0.3 is 9.88 Å². The molecule has 0 saturated heterocycles. The van der Waals surface area contributed by atoms with E-state index in [1.165, 1.54) is 17.8 Å². The number of benzene rings is 1. The van der Waals surface area contributed by atoms with Crippen molar-refractivity contribution in [1.29, 1.82) is 0 Å². The molecule has 0 bridgehead atoms. The van der Waals surface area contributed by atoms with Crippen molar-refractivity contribution < 1.29 is 0 Å². The maximum absolute atomic E-state index is 4.58. The first-order valence-corrected chi connectivity index (χ1v) is 8.13. The number of hydrogen-bond donors (Lipinski definition) is 1. The van der Waals surface area contributed by atoms with Crippen LogP contribution in [-0.2, 0) is 13.0 Å². The van der Waals surface area contributed by atoms with Gasteiger partial charge in [-0.2, -0.15) is 0 Å². The van der Waals surface area contributed by atoms with Crippen molar-refractivity contribution in [3.8, 4) is 0 Å². The van der Waals surface area contributed by atoms with Crippen LogP contribution < -0.4 is 5.32 Å². The minimum Gasteiger partial charge on any atom is -0.334 e. The highest BCUT2D eigenvalue weighted by atomic mass is 15.1. The molecule has 0 aliphatic heterocycles. The van der Waals surface area contributed by atoms with Crippen molar-refractivity contribution in [2.45, 2.75) is 52.1 Å². The molecule has 0 radical (unpaired) electrons. The van der Waals surface area contributed by atoms with Crippen LogP contribution in [0, 0.1) is 0 Å². The van der Waals surface area contributed by atoms with E-state index in [2.05, 4.69) is 65.2 Å². The molecule has 2 rings (SSSR count). The Labute approximate surface area is 128 Å². The fourth-order valence-electron chi connectivity index (χ4n) is 2.78. The Morgan fingerprint density at radius 3 is 2.71 bits per heavy atom. The zero-order valence-corrected chi connectivity index (χ0v) is 13.3. The van der Waals surface area contributed by atoms with Gasteiger partial charge in [-0.05, 0) is 37.8 Å². The lowest BCUT2D eigenvalue weighted by atomic mass is 10.0. The highest BCUT2D eigenvalue weighted by molar-refractivity contribution is 5.14. The SMILES string of the molecule is CCCn1ccnc1C(CCCc1ccccc1)NCC. The quantitative estimate of drug-likeness (QED) is 0.755. The monoisotopic (exact) mass is 285 g/mol. The van der Waals surface area contributed by atoms with Crippen LogP contribution in [0.4, 0.5) is 0 Å². The predicted molar refractivity (Wildman–Crippen MR) is 88.3 cm³/mol. The summed E-state index contributed by atoms with van der Waals surface area (Å²) >= 11 is 0. The third-order valence-electron chi connectivity index (χ3n) is 3.78. The van der Waals surface area contributed by atoms with E-state index in [0.717, 1.165) is 32.4 Å². The van der Waals surface area contributed by atoms with Crippen molar-refractivity contribution in [3.63, 3.8) is 0 Å². The van der Waals surface area contributed by atoms with Crippen molar-refractivity contribution in [2.24, 2.45) is 0 Å². The van der Waals surface area contributed by atoms with Gasteiger partial charge in [-0.15, -0.1) is 0 Å². The van der Waals surface area contributed by atoms with Crippen LogP contribution in [0.3, 0.4) is 0 Å². The lowest BCUT2D eigenvalue weighted by molar-refractivity contribution is 0.452. The second-order valence-electron chi connectivity index (χ2n) is 5.47. The number of nitrogens with zero attached hydrogens (tertiary/aromatic N) is 2. The maximum Gasteiger partial charge on any atom is 0.125 e. The summed E-state index contributed by atoms with van der Waals surface area (Å²) < 4.78 is 2.29. The average Bonchev–Trinajstić information content (AvgIpc) is 2.96. The van der Waals surface area contributed by atoms with E-state index in [0.29, 0.717) is 6.04 Å². The first-order valence-electron chi connectivity index (χ1n) is 8.13. The number of imidazole rings is 1. The van der Waals surface area contributed by atoms with Gasteiger partial charge in [-0.1, -0.05) is 44.2 Å². The first-order chi connectivity index (χ1) is 10.3. The third kappa shape index (κ3) is 4.71. The van der Waals surface area contributed by atoms with E-state index in [9.17, 15) is 0 Å². The number of aryl methyl sites for hydroxylation is 2. The lowest BCUT2D eigenvalue weighted by Gasteiger charge is -2.19. The number of nitrogens with one attached hydrogen (secondary N) is 1. The molecule has 3 nitrogen and oxygen atoms in total. The highest BCUT2D eigenvalue weighted by Gasteiger charge is 2.15. The summed E-state index contributed by atoms with van der Waals surface area (Å²) in [5.41, 5.74) is 1.42. The molecular formula is C18H27N3. The normalized spacial score (nSPS) is 12.5. The summed E-state index contributed by atoms with van der Waals surface area (Å²) in [6.45, 7) is 6.41. The summed E-state index contributed by atoms with van der Waals surface area (Å²) in [6, 6.07) is 11.1. The molecule has 1 aromatic heterocycles. The van der Waals surface area contributed by atoms with E-state index in [4.69, 9.17) is 0 Å². The molecule has 1 heterocycles. The second-order valence-corrected chi connectivity index (χ2v) is 5.47. The van der Waals surface area contributed by atoms with Crippen molar-refractivity contribution in [2.75, 3.05) is 6.54 Å². The van der Waals surface area contributed by atoms with Crippen molar-refractivity contribution in [3.05, 3.63) is 54.1 Å². The van der Waals surface area contributed by atoms with E-state index in [-0.39, 0.29) is 0 Å². The molecular weight excluding hydrogens is 258 g/mol. The fourth-order valence-corrected chi connectivity index (χ4v) is 2.78. The van der Waals surface area contributed by atoms with Crippen molar-refractivity contribution in [1.82, 2.24) is 14.9 Å². The van der Waals surface area contributed by atoms with Gasteiger partial charge in [0.1, 0.15) is 5.82 Å². The Morgan fingerprint density at radius 2 is 2.00 bits per heavy atom. The summed E-state index contributed by atoms with van der Waals surface area (Å²) in [5.74, 6) is 1.19. The second kappa shape index (κ2) is 8.63. The zero-order chi connectivity index (χ0) is 14.9. The molecule has 1 atom stereocenters. The van der Waals surface area contributed by atoms with Crippen LogP contribution in [0.15, 0.2) is 42.7 Å². The molecule has 2 aromatic rings. The summed E-state index contributed by atoms with van der Waals surface area (Å²) in [4.78, 5) is 4.58. The van der Waals surface area contributed by atoms with E-state index in [1.807, 2.05) is 6.20 Å². The summed E-state index contributed by atoms with van der Waals surface area (Å²) in [5, 5.41) is 3.59. The van der Waals surface area contributed by atoms with Gasteiger partial charge in [0, 0.05) is 18.9 Å². The molecule has 21 heavy (non-hydrogen) atoms. The minimum absolute atomic E-state index is 0.361. The van der Waals surface area contributed by atoms with E-state index < -0.39 is 0 Å². The molecule has 1 aromatic carbocycles. The molecule has 0 saturated carbocycles. The van der Waals surface area contributed by atoms with Crippen LogP contribution in [0.2, 0.25) is 0 Å². The molecule has 0 aliphatic carbocycles. The van der Waals surface area contributed by atoms with Crippen LogP contribution >= 0.6 is 0 Å². The van der Waals surface area contributed by atoms with Crippen molar-refractivity contribution >= 4 is 0 Å². The molecule has 114 valence electrons. The lowest BCUT2D eigenvalue weighted by Crippen LogP contribution is -2.24. The number of hydrogen-bond acceptors (Lipinski definition) is 2. The van der Waals surface area contributed by atoms with Gasteiger partial charge in [0.2, 0.25) is 0 Å². The van der Waals surface area contributed by atoms with Gasteiger partial charge in [-0.25, -0.2) is 4.98 Å². The van der Waals surface area contributed by atoms with E-state index in [1.54, 1.807) is 0 Å². The molecule has 1 N–H and O–H groups in total. The molecule has 0 aliphatic rings. The number of rotatable bonds is 9. The first kappa shape index (κ1) is 15.8. The van der Waals surface area contributed by atoms with Gasteiger partial charge in [0.05, 0.1) is 6.04 Å². The Kier molecular flexibility index (Phi) is 6.48. The van der Waals surface area contributed by atoms with Crippen LogP contribution in [0.25, 0.3) is 0 Å². The largest absolute Gasteiger partial charge is 0.334 e. The fraction of sp³-hybridized carbons (Fsp3) is 0.500.